The van der Waals surface area contributed by atoms with Crippen LogP contribution >= 0.6 is 0 Å². The topological polar surface area (TPSA) is 75.3 Å². The lowest BCUT2D eigenvalue weighted by Crippen LogP contribution is -2.16. The first-order valence-corrected chi connectivity index (χ1v) is 9.90. The summed E-state index contributed by atoms with van der Waals surface area (Å²) in [7, 11) is -3.74. The van der Waals surface area contributed by atoms with Crippen LogP contribution < -0.4 is 10.0 Å². The van der Waals surface area contributed by atoms with E-state index in [0.717, 1.165) is 11.1 Å². The zero-order valence-electron chi connectivity index (χ0n) is 15.1. The van der Waals surface area contributed by atoms with Gasteiger partial charge in [0.2, 0.25) is 0 Å². The van der Waals surface area contributed by atoms with E-state index in [1.165, 1.54) is 24.3 Å². The zero-order valence-corrected chi connectivity index (χ0v) is 15.9. The van der Waals surface area contributed by atoms with Crippen LogP contribution in [0.4, 0.5) is 11.4 Å². The van der Waals surface area contributed by atoms with Crippen molar-refractivity contribution in [2.45, 2.75) is 18.7 Å². The van der Waals surface area contributed by atoms with E-state index >= 15 is 0 Å². The van der Waals surface area contributed by atoms with Crippen molar-refractivity contribution in [3.63, 3.8) is 0 Å². The van der Waals surface area contributed by atoms with Gasteiger partial charge in [-0.05, 0) is 61.4 Å². The summed E-state index contributed by atoms with van der Waals surface area (Å²) < 4.78 is 28.0. The molecule has 0 spiro atoms. The molecule has 0 aliphatic rings. The van der Waals surface area contributed by atoms with Gasteiger partial charge in [0.1, 0.15) is 0 Å². The fourth-order valence-corrected chi connectivity index (χ4v) is 3.88. The van der Waals surface area contributed by atoms with Crippen LogP contribution in [0, 0.1) is 13.8 Å². The molecule has 27 heavy (non-hydrogen) atoms. The van der Waals surface area contributed by atoms with Crippen LogP contribution in [0.5, 0.6) is 0 Å². The van der Waals surface area contributed by atoms with E-state index in [1.54, 1.807) is 12.1 Å². The van der Waals surface area contributed by atoms with Gasteiger partial charge in [0, 0.05) is 11.3 Å². The van der Waals surface area contributed by atoms with E-state index in [4.69, 9.17) is 0 Å². The Morgan fingerprint density at radius 3 is 1.96 bits per heavy atom. The Bertz CT molecular complexity index is 1040. The highest BCUT2D eigenvalue weighted by molar-refractivity contribution is 7.92. The maximum absolute atomic E-state index is 12.7. The molecule has 0 radical (unpaired) electrons. The molecule has 0 aliphatic carbocycles. The van der Waals surface area contributed by atoms with Crippen molar-refractivity contribution in [1.29, 1.82) is 0 Å². The van der Waals surface area contributed by atoms with Crippen molar-refractivity contribution in [3.05, 3.63) is 89.5 Å². The Hall–Kier alpha value is -3.12. The molecule has 138 valence electrons. The van der Waals surface area contributed by atoms with Crippen LogP contribution in [0.25, 0.3) is 0 Å². The molecular weight excluding hydrogens is 360 g/mol. The zero-order chi connectivity index (χ0) is 19.4. The highest BCUT2D eigenvalue weighted by Crippen LogP contribution is 2.23. The monoisotopic (exact) mass is 380 g/mol. The Balaban J connectivity index is 1.79. The van der Waals surface area contributed by atoms with Gasteiger partial charge >= 0.3 is 0 Å². The third-order valence-corrected chi connectivity index (χ3v) is 5.54. The molecule has 3 aromatic carbocycles. The van der Waals surface area contributed by atoms with Gasteiger partial charge in [-0.1, -0.05) is 36.4 Å². The lowest BCUT2D eigenvalue weighted by atomic mass is 10.1. The van der Waals surface area contributed by atoms with E-state index in [1.807, 2.05) is 50.2 Å². The van der Waals surface area contributed by atoms with Gasteiger partial charge in [0.25, 0.3) is 15.9 Å². The summed E-state index contributed by atoms with van der Waals surface area (Å²) in [5.74, 6) is -0.298. The predicted octanol–water partition coefficient (Wildman–Crippen LogP) is 4.36. The van der Waals surface area contributed by atoms with Crippen LogP contribution in [0.3, 0.4) is 0 Å². The van der Waals surface area contributed by atoms with E-state index in [9.17, 15) is 13.2 Å². The summed E-state index contributed by atoms with van der Waals surface area (Å²) >= 11 is 0. The molecular formula is C21H20N2O3S. The lowest BCUT2D eigenvalue weighted by molar-refractivity contribution is 0.102. The summed E-state index contributed by atoms with van der Waals surface area (Å²) in [6.07, 6.45) is 0. The molecule has 0 aromatic heterocycles. The van der Waals surface area contributed by atoms with Gasteiger partial charge in [-0.3, -0.25) is 9.52 Å². The van der Waals surface area contributed by atoms with Crippen LogP contribution in [-0.4, -0.2) is 14.3 Å². The van der Waals surface area contributed by atoms with Crippen LogP contribution in [-0.2, 0) is 10.0 Å². The molecule has 0 aliphatic heterocycles. The number of anilines is 2. The van der Waals surface area contributed by atoms with Gasteiger partial charge in [-0.2, -0.15) is 0 Å². The second-order valence-corrected chi connectivity index (χ2v) is 7.90. The first-order valence-electron chi connectivity index (χ1n) is 8.42. The number of para-hydroxylation sites is 2. The van der Waals surface area contributed by atoms with Crippen LogP contribution in [0.15, 0.2) is 77.7 Å². The summed E-state index contributed by atoms with van der Waals surface area (Å²) in [5.41, 5.74) is 3.32. The summed E-state index contributed by atoms with van der Waals surface area (Å²) in [5, 5.41) is 2.77. The van der Waals surface area contributed by atoms with Gasteiger partial charge in [0.05, 0.1) is 10.6 Å². The molecule has 6 heteroatoms. The highest BCUT2D eigenvalue weighted by atomic mass is 32.2. The van der Waals surface area contributed by atoms with Crippen LogP contribution in [0.1, 0.15) is 21.5 Å². The maximum atomic E-state index is 12.7. The van der Waals surface area contributed by atoms with Crippen molar-refractivity contribution >= 4 is 27.3 Å². The molecule has 0 saturated heterocycles. The van der Waals surface area contributed by atoms with Crippen molar-refractivity contribution in [3.8, 4) is 0 Å². The quantitative estimate of drug-likeness (QED) is 0.691. The number of carbonyl (C=O) groups excluding carboxylic acids is 1. The summed E-state index contributed by atoms with van der Waals surface area (Å²) in [6.45, 7) is 3.70. The molecule has 0 bridgehead atoms. The van der Waals surface area contributed by atoms with Gasteiger partial charge in [0.15, 0.2) is 0 Å². The highest BCUT2D eigenvalue weighted by Gasteiger charge is 2.17. The van der Waals surface area contributed by atoms with Gasteiger partial charge in [-0.15, -0.1) is 0 Å². The predicted molar refractivity (Wildman–Crippen MR) is 108 cm³/mol. The Morgan fingerprint density at radius 1 is 0.778 bits per heavy atom. The smallest absolute Gasteiger partial charge is 0.261 e. The van der Waals surface area contributed by atoms with E-state index in [0.29, 0.717) is 16.9 Å². The normalized spacial score (nSPS) is 11.0. The number of hydrogen-bond acceptors (Lipinski definition) is 3. The number of amides is 1. The summed E-state index contributed by atoms with van der Waals surface area (Å²) in [4.78, 5) is 12.4. The number of benzene rings is 3. The Kier molecular flexibility index (Phi) is 5.28. The summed E-state index contributed by atoms with van der Waals surface area (Å²) in [6, 6.07) is 20.5. The number of carbonyl (C=O) groups is 1. The minimum Gasteiger partial charge on any atom is -0.322 e. The van der Waals surface area contributed by atoms with Crippen molar-refractivity contribution < 1.29 is 13.2 Å². The first-order chi connectivity index (χ1) is 12.9. The maximum Gasteiger partial charge on any atom is 0.261 e. The standard InChI is InChI=1S/C21H20N2O3S/c1-15-7-6-8-16(2)20(15)23-27(25,26)19-13-11-17(12-14-19)21(24)22-18-9-4-3-5-10-18/h3-14,23H,1-2H3,(H,22,24). The van der Waals surface area contributed by atoms with Crippen molar-refractivity contribution in [1.82, 2.24) is 0 Å². The molecule has 5 nitrogen and oxygen atoms in total. The second-order valence-electron chi connectivity index (χ2n) is 6.22. The third kappa shape index (κ3) is 4.35. The van der Waals surface area contributed by atoms with Gasteiger partial charge in [-0.25, -0.2) is 8.42 Å². The largest absolute Gasteiger partial charge is 0.322 e. The minimum atomic E-state index is -3.74. The first kappa shape index (κ1) is 18.7. The molecule has 3 aromatic rings. The molecule has 0 atom stereocenters. The number of aryl methyl sites for hydroxylation is 2. The average Bonchev–Trinajstić information content (AvgIpc) is 2.66. The van der Waals surface area contributed by atoms with Crippen molar-refractivity contribution in [2.24, 2.45) is 0 Å². The number of nitrogens with one attached hydrogen (secondary N) is 2. The molecule has 0 fully saturated rings. The third-order valence-electron chi connectivity index (χ3n) is 4.18. The van der Waals surface area contributed by atoms with Gasteiger partial charge < -0.3 is 5.32 Å². The fourth-order valence-electron chi connectivity index (χ4n) is 2.68. The van der Waals surface area contributed by atoms with Crippen LogP contribution in [0.2, 0.25) is 0 Å². The number of rotatable bonds is 5. The fraction of sp³-hybridized carbons (Fsp3) is 0.0952. The SMILES string of the molecule is Cc1cccc(C)c1NS(=O)(=O)c1ccc(C(=O)Nc2ccccc2)cc1. The number of sulfonamides is 1. The van der Waals surface area contributed by atoms with E-state index < -0.39 is 10.0 Å². The average molecular weight is 380 g/mol. The molecule has 3 rings (SSSR count). The molecule has 0 unspecified atom stereocenters. The Morgan fingerprint density at radius 2 is 1.37 bits per heavy atom. The van der Waals surface area contributed by atoms with E-state index in [2.05, 4.69) is 10.0 Å². The lowest BCUT2D eigenvalue weighted by Gasteiger charge is -2.13. The number of hydrogen-bond donors (Lipinski definition) is 2. The molecule has 1 amide bonds. The second kappa shape index (κ2) is 7.63. The van der Waals surface area contributed by atoms with Crippen molar-refractivity contribution in [2.75, 3.05) is 10.0 Å². The molecule has 0 saturated carbocycles. The van der Waals surface area contributed by atoms with E-state index in [-0.39, 0.29) is 10.8 Å². The minimum absolute atomic E-state index is 0.0985. The Labute approximate surface area is 159 Å². The molecule has 2 N–H and O–H groups in total. The molecule has 0 heterocycles.